The largest absolute Gasteiger partial charge is 0.356 e. The number of hydrogen-bond acceptors (Lipinski definition) is 2. The third-order valence-corrected chi connectivity index (χ3v) is 4.50. The molecule has 0 saturated carbocycles. The monoisotopic (exact) mass is 380 g/mol. The van der Waals surface area contributed by atoms with E-state index in [1.165, 1.54) is 16.7 Å². The number of aliphatic imine (C=N–C) groups is 1. The number of carbonyl (C=O) groups excluding carboxylic acids is 1. The van der Waals surface area contributed by atoms with Gasteiger partial charge >= 0.3 is 0 Å². The van der Waals surface area contributed by atoms with E-state index in [4.69, 9.17) is 0 Å². The fourth-order valence-corrected chi connectivity index (χ4v) is 3.20. The molecule has 0 aromatic heterocycles. The molecule has 2 N–H and O–H groups in total. The Hall–Kier alpha value is -2.82. The zero-order valence-electron chi connectivity index (χ0n) is 17.7. The molecule has 28 heavy (non-hydrogen) atoms. The van der Waals surface area contributed by atoms with Crippen LogP contribution in [0.5, 0.6) is 0 Å². The van der Waals surface area contributed by atoms with E-state index in [9.17, 15) is 4.79 Å². The molecule has 2 rings (SSSR count). The van der Waals surface area contributed by atoms with E-state index >= 15 is 0 Å². The molecule has 2 aromatic carbocycles. The Morgan fingerprint density at radius 2 is 1.54 bits per heavy atom. The van der Waals surface area contributed by atoms with Crippen LogP contribution < -0.4 is 10.6 Å². The maximum absolute atomic E-state index is 12.1. The predicted molar refractivity (Wildman–Crippen MR) is 117 cm³/mol. The van der Waals surface area contributed by atoms with Gasteiger partial charge in [-0.25, -0.2) is 0 Å². The Bertz CT molecular complexity index is 807. The first-order chi connectivity index (χ1) is 13.4. The van der Waals surface area contributed by atoms with Gasteiger partial charge in [0.05, 0.1) is 0 Å². The van der Waals surface area contributed by atoms with Crippen molar-refractivity contribution in [1.82, 2.24) is 15.5 Å². The summed E-state index contributed by atoms with van der Waals surface area (Å²) in [4.78, 5) is 18.0. The van der Waals surface area contributed by atoms with Gasteiger partial charge in [0.15, 0.2) is 5.96 Å². The van der Waals surface area contributed by atoms with Crippen molar-refractivity contribution in [3.8, 4) is 0 Å². The fraction of sp³-hybridized carbons (Fsp3) is 0.391. The van der Waals surface area contributed by atoms with Gasteiger partial charge in [-0.2, -0.15) is 0 Å². The van der Waals surface area contributed by atoms with Crippen LogP contribution in [0.3, 0.4) is 0 Å². The zero-order valence-corrected chi connectivity index (χ0v) is 17.7. The quantitative estimate of drug-likeness (QED) is 0.574. The Morgan fingerprint density at radius 1 is 0.929 bits per heavy atom. The maximum Gasteiger partial charge on any atom is 0.253 e. The lowest BCUT2D eigenvalue weighted by atomic mass is 10.1. The van der Waals surface area contributed by atoms with Crippen molar-refractivity contribution >= 4 is 11.9 Å². The molecule has 0 saturated heterocycles. The highest BCUT2D eigenvalue weighted by Crippen LogP contribution is 2.09. The molecule has 0 aliphatic rings. The number of benzene rings is 2. The molecule has 0 bridgehead atoms. The summed E-state index contributed by atoms with van der Waals surface area (Å²) >= 11 is 0. The van der Waals surface area contributed by atoms with Gasteiger partial charge in [0, 0.05) is 39.8 Å². The summed E-state index contributed by atoms with van der Waals surface area (Å²) < 4.78 is 0. The first-order valence-electron chi connectivity index (χ1n) is 9.71. The number of aryl methyl sites for hydroxylation is 2. The van der Waals surface area contributed by atoms with Gasteiger partial charge in [0.25, 0.3) is 5.91 Å². The van der Waals surface area contributed by atoms with E-state index < -0.39 is 0 Å². The number of nitrogens with zero attached hydrogens (tertiary/aromatic N) is 2. The molecule has 150 valence electrons. The summed E-state index contributed by atoms with van der Waals surface area (Å²) in [7, 11) is 5.32. The molecule has 0 aliphatic heterocycles. The van der Waals surface area contributed by atoms with Crippen molar-refractivity contribution in [2.45, 2.75) is 26.7 Å². The molecule has 0 spiro atoms. The van der Waals surface area contributed by atoms with Crippen molar-refractivity contribution in [2.75, 3.05) is 34.2 Å². The lowest BCUT2D eigenvalue weighted by molar-refractivity contribution is 0.0827. The van der Waals surface area contributed by atoms with Crippen LogP contribution in [0.2, 0.25) is 0 Å². The standard InChI is InChI=1S/C23H32N4O/c1-17-13-18(2)15-20(14-17)10-12-26-23(24-3)25-11-9-19-7-6-8-21(16-19)22(28)27(4)5/h6-8,13-16H,9-12H2,1-5H3,(H2,24,25,26). The summed E-state index contributed by atoms with van der Waals surface area (Å²) in [5.41, 5.74) is 5.78. The van der Waals surface area contributed by atoms with Crippen molar-refractivity contribution in [3.63, 3.8) is 0 Å². The number of guanidine groups is 1. The van der Waals surface area contributed by atoms with E-state index in [2.05, 4.69) is 47.7 Å². The van der Waals surface area contributed by atoms with Crippen molar-refractivity contribution in [1.29, 1.82) is 0 Å². The van der Waals surface area contributed by atoms with Crippen LogP contribution in [-0.2, 0) is 12.8 Å². The van der Waals surface area contributed by atoms with Crippen molar-refractivity contribution < 1.29 is 4.79 Å². The third kappa shape index (κ3) is 6.72. The van der Waals surface area contributed by atoms with Crippen LogP contribution in [0.4, 0.5) is 0 Å². The molecular formula is C23H32N4O. The molecule has 0 fully saturated rings. The van der Waals surface area contributed by atoms with Crippen LogP contribution in [-0.4, -0.2) is 51.0 Å². The van der Waals surface area contributed by atoms with E-state index in [-0.39, 0.29) is 5.91 Å². The molecule has 0 radical (unpaired) electrons. The lowest BCUT2D eigenvalue weighted by Crippen LogP contribution is -2.39. The van der Waals surface area contributed by atoms with Gasteiger partial charge in [-0.3, -0.25) is 9.79 Å². The van der Waals surface area contributed by atoms with Crippen molar-refractivity contribution in [3.05, 3.63) is 70.3 Å². The molecule has 1 amide bonds. The van der Waals surface area contributed by atoms with Gasteiger partial charge in [-0.05, 0) is 49.9 Å². The molecule has 0 heterocycles. The second-order valence-corrected chi connectivity index (χ2v) is 7.32. The number of amides is 1. The topological polar surface area (TPSA) is 56.7 Å². The molecule has 0 atom stereocenters. The van der Waals surface area contributed by atoms with Crippen LogP contribution >= 0.6 is 0 Å². The average molecular weight is 381 g/mol. The highest BCUT2D eigenvalue weighted by atomic mass is 16.2. The highest BCUT2D eigenvalue weighted by molar-refractivity contribution is 5.94. The third-order valence-electron chi connectivity index (χ3n) is 4.50. The maximum atomic E-state index is 12.1. The Kier molecular flexibility index (Phi) is 8.05. The van der Waals surface area contributed by atoms with E-state index in [1.807, 2.05) is 24.3 Å². The molecule has 2 aromatic rings. The fourth-order valence-electron chi connectivity index (χ4n) is 3.20. The Labute approximate surface area is 168 Å². The van der Waals surface area contributed by atoms with Crippen LogP contribution in [0.25, 0.3) is 0 Å². The predicted octanol–water partition coefficient (Wildman–Crippen LogP) is 2.96. The summed E-state index contributed by atoms with van der Waals surface area (Å²) in [6.07, 6.45) is 1.78. The minimum Gasteiger partial charge on any atom is -0.356 e. The molecular weight excluding hydrogens is 348 g/mol. The van der Waals surface area contributed by atoms with Gasteiger partial charge in [0.1, 0.15) is 0 Å². The Balaban J connectivity index is 1.79. The van der Waals surface area contributed by atoms with E-state index in [0.717, 1.165) is 43.0 Å². The molecule has 0 unspecified atom stereocenters. The van der Waals surface area contributed by atoms with E-state index in [1.54, 1.807) is 26.0 Å². The first-order valence-corrected chi connectivity index (χ1v) is 9.71. The molecule has 0 aliphatic carbocycles. The van der Waals surface area contributed by atoms with Crippen LogP contribution in [0.15, 0.2) is 47.5 Å². The summed E-state index contributed by atoms with van der Waals surface area (Å²) in [5, 5.41) is 6.71. The minimum absolute atomic E-state index is 0.0265. The van der Waals surface area contributed by atoms with Crippen molar-refractivity contribution in [2.24, 2.45) is 4.99 Å². The number of hydrogen-bond donors (Lipinski definition) is 2. The minimum atomic E-state index is 0.0265. The number of nitrogens with one attached hydrogen (secondary N) is 2. The van der Waals surface area contributed by atoms with Crippen LogP contribution in [0.1, 0.15) is 32.6 Å². The lowest BCUT2D eigenvalue weighted by Gasteiger charge is -2.13. The zero-order chi connectivity index (χ0) is 20.5. The van der Waals surface area contributed by atoms with E-state index in [0.29, 0.717) is 0 Å². The number of carbonyl (C=O) groups is 1. The molecule has 5 heteroatoms. The second kappa shape index (κ2) is 10.5. The number of rotatable bonds is 7. The van der Waals surface area contributed by atoms with Gasteiger partial charge in [-0.1, -0.05) is 41.5 Å². The highest BCUT2D eigenvalue weighted by Gasteiger charge is 2.08. The first kappa shape index (κ1) is 21.5. The smallest absolute Gasteiger partial charge is 0.253 e. The van der Waals surface area contributed by atoms with Gasteiger partial charge < -0.3 is 15.5 Å². The normalized spacial score (nSPS) is 11.2. The Morgan fingerprint density at radius 3 is 2.11 bits per heavy atom. The summed E-state index contributed by atoms with van der Waals surface area (Å²) in [5.74, 6) is 0.823. The average Bonchev–Trinajstić information content (AvgIpc) is 2.65. The van der Waals surface area contributed by atoms with Gasteiger partial charge in [-0.15, -0.1) is 0 Å². The summed E-state index contributed by atoms with van der Waals surface area (Å²) in [6, 6.07) is 14.4. The second-order valence-electron chi connectivity index (χ2n) is 7.32. The summed E-state index contributed by atoms with van der Waals surface area (Å²) in [6.45, 7) is 5.84. The van der Waals surface area contributed by atoms with Crippen LogP contribution in [0, 0.1) is 13.8 Å². The van der Waals surface area contributed by atoms with Gasteiger partial charge in [0.2, 0.25) is 0 Å². The molecule has 5 nitrogen and oxygen atoms in total. The SMILES string of the molecule is CN=C(NCCc1cc(C)cc(C)c1)NCCc1cccc(C(=O)N(C)C)c1.